The molecule has 27 heteroatoms. The van der Waals surface area contributed by atoms with E-state index in [-0.39, 0.29) is 66.9 Å². The number of rotatable bonds is 23. The Labute approximate surface area is 745 Å². The van der Waals surface area contributed by atoms with Crippen LogP contribution in [0.2, 0.25) is 5.02 Å². The van der Waals surface area contributed by atoms with Gasteiger partial charge in [-0.2, -0.15) is 0 Å². The topological polar surface area (TPSA) is 421 Å². The van der Waals surface area contributed by atoms with Crippen LogP contribution in [0.1, 0.15) is 192 Å². The van der Waals surface area contributed by atoms with Gasteiger partial charge in [-0.25, -0.2) is 28.4 Å². The highest BCUT2D eigenvalue weighted by Crippen LogP contribution is 2.40. The average molecular weight is 1750 g/mol. The van der Waals surface area contributed by atoms with Gasteiger partial charge >= 0.3 is 0 Å². The van der Waals surface area contributed by atoms with Crippen LogP contribution in [0.5, 0.6) is 0 Å². The molecule has 16 rings (SSSR count). The van der Waals surface area contributed by atoms with Crippen LogP contribution in [0.3, 0.4) is 0 Å². The number of aliphatic hydroxyl groups is 3. The lowest BCUT2D eigenvalue weighted by Crippen LogP contribution is -2.31. The van der Waals surface area contributed by atoms with Gasteiger partial charge in [0.25, 0.3) is 23.6 Å². The van der Waals surface area contributed by atoms with Gasteiger partial charge in [-0.3, -0.25) is 19.2 Å². The summed E-state index contributed by atoms with van der Waals surface area (Å²) >= 11 is 6.57. The molecule has 0 radical (unpaired) electrons. The molecule has 0 bridgehead atoms. The zero-order valence-corrected chi connectivity index (χ0v) is 72.4. The number of amides is 4. The second kappa shape index (κ2) is 44.4. The molecule has 25 nitrogen and oxygen atoms in total. The van der Waals surface area contributed by atoms with E-state index < -0.39 is 28.0 Å². The molecule has 0 aliphatic carbocycles. The summed E-state index contributed by atoms with van der Waals surface area (Å²) in [7, 11) is -2.93. The number of sulfone groups is 1. The van der Waals surface area contributed by atoms with Crippen molar-refractivity contribution in [2.24, 2.45) is 0 Å². The minimum Gasteiger partial charge on any atom is -0.398 e. The molecule has 8 heterocycles. The van der Waals surface area contributed by atoms with Crippen LogP contribution >= 0.6 is 11.6 Å². The number of carbonyl (C=O) groups is 4. The van der Waals surface area contributed by atoms with Gasteiger partial charge in [-0.05, 0) is 216 Å². The van der Waals surface area contributed by atoms with Crippen LogP contribution in [0, 0.1) is 0 Å². The molecule has 17 N–H and O–H groups in total. The number of nitrogens with one attached hydrogen (secondary N) is 4. The van der Waals surface area contributed by atoms with Crippen molar-refractivity contribution in [3.8, 4) is 44.5 Å². The summed E-state index contributed by atoms with van der Waals surface area (Å²) in [4.78, 5) is 68.5. The van der Waals surface area contributed by atoms with Gasteiger partial charge in [0.1, 0.15) is 33.1 Å². The minimum absolute atomic E-state index is 0.0608. The molecule has 4 aromatic heterocycles. The molecule has 4 saturated heterocycles. The fourth-order valence-corrected chi connectivity index (χ4v) is 17.9. The number of anilines is 5. The zero-order chi connectivity index (χ0) is 89.4. The van der Waals surface area contributed by atoms with E-state index in [1.807, 2.05) is 201 Å². The number of ether oxygens (including phenoxy) is 3. The summed E-state index contributed by atoms with van der Waals surface area (Å²) in [6.45, 7) is 5.92. The Morgan fingerprint density at radius 2 is 0.685 bits per heavy atom. The Kier molecular flexibility index (Phi) is 32.1. The van der Waals surface area contributed by atoms with Crippen LogP contribution < -0.4 is 49.9 Å². The van der Waals surface area contributed by atoms with Crippen molar-refractivity contribution in [2.45, 2.75) is 106 Å². The number of nitrogen functional groups attached to an aromatic ring is 5. The summed E-state index contributed by atoms with van der Waals surface area (Å²) in [5, 5.41) is 41.1. The number of nitrogens with zero attached hydrogens (tertiary/aromatic N) is 4. The highest BCUT2D eigenvalue weighted by atomic mass is 35.5. The number of nitrogens with two attached hydrogens (primary N) is 5. The molecule has 658 valence electrons. The predicted octanol–water partition coefficient (Wildman–Crippen LogP) is 15.4. The van der Waals surface area contributed by atoms with Gasteiger partial charge in [0, 0.05) is 120 Å². The smallest absolute Gasteiger partial charge is 0.253 e. The van der Waals surface area contributed by atoms with E-state index in [0.717, 1.165) is 162 Å². The largest absolute Gasteiger partial charge is 0.398 e. The first kappa shape index (κ1) is 91.9. The molecular formula is C100H108ClN13O12S. The Hall–Kier alpha value is -12.8. The average Bonchev–Trinajstić information content (AvgIpc) is 0.812. The maximum Gasteiger partial charge on any atom is 0.253 e. The van der Waals surface area contributed by atoms with E-state index in [1.165, 1.54) is 5.56 Å². The summed E-state index contributed by atoms with van der Waals surface area (Å²) in [5.41, 5.74) is 47.5. The molecule has 4 amide bonds. The number of aliphatic hydroxyl groups excluding tert-OH is 3. The molecule has 0 unspecified atom stereocenters. The number of pyridine rings is 4. The number of hydrogen-bond acceptors (Lipinski definition) is 21. The normalized spacial score (nSPS) is 15.7. The highest BCUT2D eigenvalue weighted by Gasteiger charge is 2.29. The first-order valence-corrected chi connectivity index (χ1v) is 44.9. The van der Waals surface area contributed by atoms with Crippen molar-refractivity contribution < 1.29 is 57.1 Å². The minimum atomic E-state index is -2.93. The zero-order valence-electron chi connectivity index (χ0n) is 70.8. The first-order valence-electron chi connectivity index (χ1n) is 42.7. The molecule has 4 aliphatic rings. The van der Waals surface area contributed by atoms with E-state index >= 15 is 0 Å². The molecule has 127 heavy (non-hydrogen) atoms. The Balaban J connectivity index is 0.000000145. The predicted molar refractivity (Wildman–Crippen MR) is 498 cm³/mol. The van der Waals surface area contributed by atoms with Crippen molar-refractivity contribution >= 4 is 74.0 Å². The van der Waals surface area contributed by atoms with Gasteiger partial charge < -0.3 is 79.5 Å². The third-order valence-corrected chi connectivity index (χ3v) is 25.7. The highest BCUT2D eigenvalue weighted by molar-refractivity contribution is 7.91. The lowest BCUT2D eigenvalue weighted by atomic mass is 9.91. The van der Waals surface area contributed by atoms with Gasteiger partial charge in [-0.15, -0.1) is 0 Å². The Bertz CT molecular complexity index is 5800. The van der Waals surface area contributed by atoms with Crippen molar-refractivity contribution in [2.75, 3.05) is 99.6 Å². The maximum atomic E-state index is 12.8. The second-order valence-electron chi connectivity index (χ2n) is 32.0. The van der Waals surface area contributed by atoms with Crippen LogP contribution in [0.25, 0.3) is 44.5 Å². The molecule has 12 aromatic rings. The van der Waals surface area contributed by atoms with Crippen LogP contribution in [-0.2, 0) is 24.0 Å². The lowest BCUT2D eigenvalue weighted by Gasteiger charge is -2.23. The van der Waals surface area contributed by atoms with Crippen LogP contribution in [0.4, 0.5) is 29.0 Å². The molecule has 4 fully saturated rings. The third kappa shape index (κ3) is 24.5. The van der Waals surface area contributed by atoms with Gasteiger partial charge in [-0.1, -0.05) is 169 Å². The summed E-state index contributed by atoms with van der Waals surface area (Å²) in [6.07, 6.45) is 14.2. The van der Waals surface area contributed by atoms with Gasteiger partial charge in [0.15, 0.2) is 0 Å². The van der Waals surface area contributed by atoms with Crippen molar-refractivity contribution in [1.29, 1.82) is 0 Å². The van der Waals surface area contributed by atoms with E-state index in [4.69, 9.17) is 54.5 Å². The molecule has 8 aromatic carbocycles. The monoisotopic (exact) mass is 1750 g/mol. The number of aromatic nitrogens is 4. The number of carbonyl (C=O) groups excluding carboxylic acids is 4. The standard InChI is InChI=1S/C25H26ClN3O3.C25H28N4O3.C25H27N3O4S.C25H27N3O2/c26-22-13-18(25(31)29-23(15-30)17-4-2-1-3-5-17)6-7-20(22)21-12-19(14-28-24(21)27)16-8-10-32-11-9-16;26-22-13-18(21-12-19(14-28-24(21)27)16-8-10-32-11-9-16)6-7-20(22)25(31)29-23(15-30)17-4-2-1-3-5-17;26-24-22(14-21(15-27-24)17-10-12-33(31,32)13-11-17)18-6-8-20(9-7-18)25(30)28-23(16-29)19-4-2-1-3-5-19;1-17(18-5-3-2-4-6-18)28-25(29)21-9-7-20(8-10-21)23-15-22(16-27-24(23)26)19-11-13-30-14-12-19/h1-7,12-14,16,23,30H,8-11,15H2,(H2,27,28)(H,29,31);1-7,12-14,16,23,30H,8-11,15,26H2,(H2,27,28)(H,29,31);1-9,14-15,17,23,29H,10-13,16H2,(H2,26,27)(H,28,30);2-10,15-17,19H,11-14H2,1H3,(H2,26,27)(H,28,29)/t3*23-;17-/m1111/s1. The van der Waals surface area contributed by atoms with E-state index in [0.29, 0.717) is 86.8 Å². The Morgan fingerprint density at radius 1 is 0.370 bits per heavy atom. The first-order chi connectivity index (χ1) is 61.6. The molecule has 4 atom stereocenters. The summed E-state index contributed by atoms with van der Waals surface area (Å²) < 4.78 is 39.9. The number of benzene rings is 8. The van der Waals surface area contributed by atoms with Crippen molar-refractivity contribution in [3.63, 3.8) is 0 Å². The summed E-state index contributed by atoms with van der Waals surface area (Å²) in [5.74, 6) is 2.40. The van der Waals surface area contributed by atoms with Gasteiger partial charge in [0.2, 0.25) is 0 Å². The molecule has 0 saturated carbocycles. The summed E-state index contributed by atoms with van der Waals surface area (Å²) in [6, 6.07) is 69.5. The molecule has 4 aliphatic heterocycles. The SMILES string of the molecule is C[C@@H](NC(=O)c1ccc(-c2cc(C3CCOCC3)cnc2N)cc1)c1ccccc1.Nc1cc(-c2cc(C3CCOCC3)cnc2N)ccc1C(=O)N[C@H](CO)c1ccccc1.Nc1ncc(C2CCOCC2)cc1-c1ccc(C(=O)N[C@H](CO)c2ccccc2)cc1Cl.Nc1ncc(C2CCS(=O)(=O)CC2)cc1-c1ccc(C(=O)N[C@H](CO)c2ccccc2)cc1. The van der Waals surface area contributed by atoms with Crippen LogP contribution in [0.15, 0.2) is 255 Å². The van der Waals surface area contributed by atoms with Crippen molar-refractivity contribution in [3.05, 3.63) is 327 Å². The van der Waals surface area contributed by atoms with E-state index in [1.54, 1.807) is 48.7 Å². The maximum absolute atomic E-state index is 12.8. The third-order valence-electron chi connectivity index (χ3n) is 23.6. The lowest BCUT2D eigenvalue weighted by molar-refractivity contribution is 0.0852. The fraction of sp³-hybridized carbons (Fsp3) is 0.280. The fourth-order valence-electron chi connectivity index (χ4n) is 16.1. The number of halogens is 1. The van der Waals surface area contributed by atoms with Crippen molar-refractivity contribution in [1.82, 2.24) is 41.2 Å². The van der Waals surface area contributed by atoms with Crippen LogP contribution in [-0.4, -0.2) is 138 Å². The van der Waals surface area contributed by atoms with E-state index in [9.17, 15) is 42.9 Å². The van der Waals surface area contributed by atoms with E-state index in [2.05, 4.69) is 53.3 Å². The molecular weight excluding hydrogens is 1640 g/mol. The molecule has 0 spiro atoms. The van der Waals surface area contributed by atoms with Gasteiger partial charge in [0.05, 0.1) is 61.1 Å². The number of hydrogen-bond donors (Lipinski definition) is 12. The quantitative estimate of drug-likeness (QED) is 0.0265. The second-order valence-corrected chi connectivity index (χ2v) is 34.7. The Morgan fingerprint density at radius 3 is 1.06 bits per heavy atom.